The maximum absolute atomic E-state index is 13.9. The van der Waals surface area contributed by atoms with Crippen molar-refractivity contribution >= 4 is 51.1 Å². The average molecular weight is 540 g/mol. The van der Waals surface area contributed by atoms with Gasteiger partial charge in [-0.25, -0.2) is 0 Å². The molecule has 10 heteroatoms. The second-order valence-electron chi connectivity index (χ2n) is 9.23. The summed E-state index contributed by atoms with van der Waals surface area (Å²) >= 11 is 5.30. The number of aliphatic hydroxyl groups is 1. The fraction of sp³-hybridized carbons (Fsp3) is 0.609. The van der Waals surface area contributed by atoms with Crippen molar-refractivity contribution in [3.05, 3.63) is 24.3 Å². The maximum atomic E-state index is 13.9. The van der Waals surface area contributed by atoms with Crippen molar-refractivity contribution in [2.24, 2.45) is 17.8 Å². The van der Waals surface area contributed by atoms with Gasteiger partial charge >= 0.3 is 0 Å². The molecular formula is C23H30BrN3O5S. The van der Waals surface area contributed by atoms with Crippen LogP contribution >= 0.6 is 27.7 Å². The number of alkyl halides is 1. The molecular weight excluding hydrogens is 510 g/mol. The molecule has 0 aliphatic carbocycles. The van der Waals surface area contributed by atoms with E-state index in [-0.39, 0.29) is 40.3 Å². The number of ether oxygens (including phenoxy) is 1. The molecule has 7 atom stereocenters. The molecule has 0 saturated carbocycles. The number of rotatable bonds is 7. The van der Waals surface area contributed by atoms with Gasteiger partial charge in [-0.2, -0.15) is 0 Å². The van der Waals surface area contributed by atoms with E-state index in [1.807, 2.05) is 13.8 Å². The van der Waals surface area contributed by atoms with Crippen molar-refractivity contribution in [2.75, 3.05) is 26.1 Å². The number of amides is 3. The lowest BCUT2D eigenvalue weighted by Gasteiger charge is -2.38. The number of nitrogens with zero attached hydrogens (tertiary/aromatic N) is 1. The Bertz CT molecular complexity index is 945. The smallest absolute Gasteiger partial charge is 0.248 e. The largest absolute Gasteiger partial charge is 0.497 e. The van der Waals surface area contributed by atoms with E-state index in [1.165, 1.54) is 0 Å². The minimum atomic E-state index is -0.804. The number of benzene rings is 1. The van der Waals surface area contributed by atoms with Gasteiger partial charge in [0.15, 0.2) is 0 Å². The number of likely N-dealkylation sites (tertiary alicyclic amines) is 1. The Balaban J connectivity index is 1.76. The van der Waals surface area contributed by atoms with Gasteiger partial charge in [0.2, 0.25) is 17.7 Å². The maximum Gasteiger partial charge on any atom is 0.248 e. The highest BCUT2D eigenvalue weighted by Crippen LogP contribution is 2.68. The molecule has 0 radical (unpaired) electrons. The summed E-state index contributed by atoms with van der Waals surface area (Å²) in [4.78, 5) is 42.1. The molecule has 3 fully saturated rings. The Hall–Kier alpha value is -1.78. The number of methoxy groups -OCH3 is 1. The molecule has 3 aliphatic rings. The molecule has 3 aliphatic heterocycles. The molecule has 3 N–H and O–H groups in total. The van der Waals surface area contributed by atoms with Crippen LogP contribution in [-0.4, -0.2) is 75.4 Å². The highest BCUT2D eigenvalue weighted by molar-refractivity contribution is 9.09. The first-order valence-corrected chi connectivity index (χ1v) is 12.9. The number of anilines is 1. The van der Waals surface area contributed by atoms with Crippen LogP contribution in [0, 0.1) is 17.8 Å². The van der Waals surface area contributed by atoms with E-state index >= 15 is 0 Å². The number of halogens is 1. The van der Waals surface area contributed by atoms with Gasteiger partial charge in [0, 0.05) is 22.8 Å². The summed E-state index contributed by atoms with van der Waals surface area (Å²) in [6.45, 7) is 3.59. The number of hydrogen-bond acceptors (Lipinski definition) is 6. The van der Waals surface area contributed by atoms with Crippen LogP contribution in [0.15, 0.2) is 24.3 Å². The van der Waals surface area contributed by atoms with E-state index in [9.17, 15) is 19.5 Å². The number of nitrogens with one attached hydrogen (secondary N) is 2. The van der Waals surface area contributed by atoms with Gasteiger partial charge in [0.25, 0.3) is 0 Å². The average Bonchev–Trinajstić information content (AvgIpc) is 3.38. The second-order valence-corrected chi connectivity index (χ2v) is 12.0. The van der Waals surface area contributed by atoms with Gasteiger partial charge < -0.3 is 25.4 Å². The zero-order valence-corrected chi connectivity index (χ0v) is 21.5. The van der Waals surface area contributed by atoms with Crippen LogP contribution in [0.3, 0.4) is 0 Å². The van der Waals surface area contributed by atoms with E-state index < -0.39 is 28.7 Å². The molecule has 33 heavy (non-hydrogen) atoms. The zero-order valence-electron chi connectivity index (χ0n) is 19.1. The van der Waals surface area contributed by atoms with Crippen LogP contribution in [0.2, 0.25) is 0 Å². The predicted octanol–water partition coefficient (Wildman–Crippen LogP) is 1.86. The molecule has 3 amide bonds. The fourth-order valence-electron chi connectivity index (χ4n) is 5.70. The number of hydrogen-bond donors (Lipinski definition) is 3. The van der Waals surface area contributed by atoms with Crippen LogP contribution < -0.4 is 15.4 Å². The topological polar surface area (TPSA) is 108 Å². The molecule has 0 aromatic heterocycles. The Morgan fingerprint density at radius 2 is 1.97 bits per heavy atom. The number of carbonyl (C=O) groups excluding carboxylic acids is 3. The molecule has 1 spiro atoms. The summed E-state index contributed by atoms with van der Waals surface area (Å²) in [5.74, 6) is -1.24. The summed E-state index contributed by atoms with van der Waals surface area (Å²) in [5.41, 5.74) is 0.592. The van der Waals surface area contributed by atoms with Crippen LogP contribution in [0.5, 0.6) is 5.75 Å². The second kappa shape index (κ2) is 9.11. The van der Waals surface area contributed by atoms with Crippen molar-refractivity contribution < 1.29 is 24.2 Å². The minimum Gasteiger partial charge on any atom is -0.497 e. The van der Waals surface area contributed by atoms with Crippen LogP contribution in [0.1, 0.15) is 20.3 Å². The lowest BCUT2D eigenvalue weighted by Crippen LogP contribution is -2.56. The van der Waals surface area contributed by atoms with Gasteiger partial charge in [0.05, 0.1) is 36.3 Å². The number of thioether (sulfide) groups is 1. The van der Waals surface area contributed by atoms with Crippen LogP contribution in [0.4, 0.5) is 5.69 Å². The van der Waals surface area contributed by atoms with Crippen molar-refractivity contribution in [3.8, 4) is 5.75 Å². The predicted molar refractivity (Wildman–Crippen MR) is 130 cm³/mol. The van der Waals surface area contributed by atoms with Gasteiger partial charge in [-0.05, 0) is 36.6 Å². The summed E-state index contributed by atoms with van der Waals surface area (Å²) in [6.07, 6.45) is 0.597. The van der Waals surface area contributed by atoms with Crippen molar-refractivity contribution in [3.63, 3.8) is 0 Å². The molecule has 3 heterocycles. The quantitative estimate of drug-likeness (QED) is 0.456. The third kappa shape index (κ3) is 3.74. The van der Waals surface area contributed by atoms with Crippen LogP contribution in [0.25, 0.3) is 0 Å². The summed E-state index contributed by atoms with van der Waals surface area (Å²) in [5, 5.41) is 15.8. The zero-order chi connectivity index (χ0) is 24.1. The minimum absolute atomic E-state index is 0.0108. The number of carbonyl (C=O) groups is 3. The van der Waals surface area contributed by atoms with E-state index in [0.29, 0.717) is 17.9 Å². The fourth-order valence-corrected chi connectivity index (χ4v) is 9.30. The van der Waals surface area contributed by atoms with Gasteiger partial charge in [-0.3, -0.25) is 14.4 Å². The first-order valence-electron chi connectivity index (χ1n) is 11.1. The Morgan fingerprint density at radius 3 is 2.52 bits per heavy atom. The molecule has 8 nitrogen and oxygen atoms in total. The van der Waals surface area contributed by atoms with Gasteiger partial charge in [0.1, 0.15) is 11.8 Å². The lowest BCUT2D eigenvalue weighted by atomic mass is 9.70. The monoisotopic (exact) mass is 539 g/mol. The van der Waals surface area contributed by atoms with E-state index in [0.717, 1.165) is 0 Å². The van der Waals surface area contributed by atoms with E-state index in [1.54, 1.807) is 55.1 Å². The highest BCUT2D eigenvalue weighted by atomic mass is 79.9. The molecule has 1 aromatic rings. The standard InChI is InChI=1S/C23H30BrN3O5S/c1-11(2)15(10-28)27-19(21(30)26-12-5-7-13(32-4)8-6-12)23-9-14(24)18(33-23)16(20(29)25-3)17(23)22(27)31/h5-8,11,14-19,28H,9-10H2,1-4H3,(H,25,29)(H,26,30)/t14?,15-,16+,17-,18+,19?,23?/m0/s1. The number of fused-ring (bicyclic) bond motifs is 1. The lowest BCUT2D eigenvalue weighted by molar-refractivity contribution is -0.142. The summed E-state index contributed by atoms with van der Waals surface area (Å²) in [7, 11) is 3.15. The number of aliphatic hydroxyl groups excluding tert-OH is 1. The van der Waals surface area contributed by atoms with Crippen molar-refractivity contribution in [2.45, 2.75) is 47.2 Å². The molecule has 2 bridgehead atoms. The van der Waals surface area contributed by atoms with E-state index in [4.69, 9.17) is 4.74 Å². The summed E-state index contributed by atoms with van der Waals surface area (Å²) < 4.78 is 4.45. The molecule has 4 rings (SSSR count). The third-order valence-corrected chi connectivity index (χ3v) is 10.4. The van der Waals surface area contributed by atoms with E-state index in [2.05, 4.69) is 26.6 Å². The van der Waals surface area contributed by atoms with Gasteiger partial charge in [-0.15, -0.1) is 11.8 Å². The van der Waals surface area contributed by atoms with Crippen LogP contribution in [-0.2, 0) is 14.4 Å². The van der Waals surface area contributed by atoms with Gasteiger partial charge in [-0.1, -0.05) is 29.8 Å². The molecule has 3 unspecified atom stereocenters. The Kier molecular flexibility index (Phi) is 6.72. The third-order valence-electron chi connectivity index (χ3n) is 7.20. The Labute approximate surface area is 206 Å². The first-order chi connectivity index (χ1) is 15.7. The highest BCUT2D eigenvalue weighted by Gasteiger charge is 2.76. The van der Waals surface area contributed by atoms with Crippen molar-refractivity contribution in [1.82, 2.24) is 10.2 Å². The van der Waals surface area contributed by atoms with Crippen molar-refractivity contribution in [1.29, 1.82) is 0 Å². The molecule has 1 aromatic carbocycles. The summed E-state index contributed by atoms with van der Waals surface area (Å²) in [6, 6.07) is 5.68. The molecule has 180 valence electrons. The first kappa shape index (κ1) is 24.3. The normalized spacial score (nSPS) is 33.2. The molecule has 3 saturated heterocycles. The Morgan fingerprint density at radius 1 is 1.30 bits per heavy atom. The SMILES string of the molecule is CNC(=O)[C@H]1[C@@H]2SC3(CC2Br)C(C(=O)Nc2ccc(OC)cc2)N([C@@H](CO)C(C)C)C(=O)[C@H]13.